The van der Waals surface area contributed by atoms with Crippen molar-refractivity contribution in [1.82, 2.24) is 19.7 Å². The molecular formula is C16H17N5O. The van der Waals surface area contributed by atoms with Crippen molar-refractivity contribution in [3.05, 3.63) is 53.9 Å². The zero-order valence-electron chi connectivity index (χ0n) is 12.5. The van der Waals surface area contributed by atoms with Gasteiger partial charge in [-0.1, -0.05) is 30.3 Å². The Kier molecular flexibility index (Phi) is 3.74. The number of rotatable bonds is 4. The molecule has 0 saturated carbocycles. The quantitative estimate of drug-likeness (QED) is 0.799. The van der Waals surface area contributed by atoms with Gasteiger partial charge in [0.25, 0.3) is 0 Å². The standard InChI is InChI=1S/C16H17N5O/c1-11-14(15-18-9-8-13(17)19-15)16(21(2)20-11)22-10-12-6-4-3-5-7-12/h3-9H,10H2,1-2H3,(H2,17,18,19). The van der Waals surface area contributed by atoms with E-state index in [-0.39, 0.29) is 0 Å². The highest BCUT2D eigenvalue weighted by Gasteiger charge is 2.19. The lowest BCUT2D eigenvalue weighted by molar-refractivity contribution is 0.280. The highest BCUT2D eigenvalue weighted by Crippen LogP contribution is 2.31. The van der Waals surface area contributed by atoms with Crippen LogP contribution in [0.15, 0.2) is 42.6 Å². The predicted molar refractivity (Wildman–Crippen MR) is 84.2 cm³/mol. The second-order valence-corrected chi connectivity index (χ2v) is 4.97. The molecule has 0 bridgehead atoms. The van der Waals surface area contributed by atoms with Crippen molar-refractivity contribution in [2.45, 2.75) is 13.5 Å². The summed E-state index contributed by atoms with van der Waals surface area (Å²) in [6, 6.07) is 11.6. The van der Waals surface area contributed by atoms with Gasteiger partial charge in [0.15, 0.2) is 5.82 Å². The lowest BCUT2D eigenvalue weighted by Crippen LogP contribution is -2.02. The molecule has 0 aliphatic heterocycles. The smallest absolute Gasteiger partial charge is 0.223 e. The third-order valence-corrected chi connectivity index (χ3v) is 3.29. The molecule has 1 aromatic carbocycles. The van der Waals surface area contributed by atoms with Crippen molar-refractivity contribution in [1.29, 1.82) is 0 Å². The van der Waals surface area contributed by atoms with Crippen LogP contribution >= 0.6 is 0 Å². The maximum absolute atomic E-state index is 5.95. The summed E-state index contributed by atoms with van der Waals surface area (Å²) in [5.74, 6) is 1.57. The summed E-state index contributed by atoms with van der Waals surface area (Å²) in [4.78, 5) is 8.54. The molecule has 3 rings (SSSR count). The van der Waals surface area contributed by atoms with Crippen LogP contribution in [0.1, 0.15) is 11.3 Å². The average molecular weight is 295 g/mol. The minimum Gasteiger partial charge on any atom is -0.472 e. The Morgan fingerprint density at radius 3 is 2.68 bits per heavy atom. The Hall–Kier alpha value is -2.89. The number of nitrogen functional groups attached to an aromatic ring is 1. The van der Waals surface area contributed by atoms with E-state index in [1.807, 2.05) is 44.3 Å². The molecule has 0 spiro atoms. The van der Waals surface area contributed by atoms with Gasteiger partial charge in [0.2, 0.25) is 5.88 Å². The lowest BCUT2D eigenvalue weighted by atomic mass is 10.2. The summed E-state index contributed by atoms with van der Waals surface area (Å²) >= 11 is 0. The van der Waals surface area contributed by atoms with E-state index in [2.05, 4.69) is 15.1 Å². The normalized spacial score (nSPS) is 10.6. The lowest BCUT2D eigenvalue weighted by Gasteiger charge is -2.09. The van der Waals surface area contributed by atoms with Crippen molar-refractivity contribution in [2.24, 2.45) is 7.05 Å². The van der Waals surface area contributed by atoms with E-state index in [9.17, 15) is 0 Å². The number of aromatic nitrogens is 4. The Bertz CT molecular complexity index is 782. The summed E-state index contributed by atoms with van der Waals surface area (Å²) in [5.41, 5.74) is 8.40. The zero-order chi connectivity index (χ0) is 15.5. The van der Waals surface area contributed by atoms with E-state index >= 15 is 0 Å². The summed E-state index contributed by atoms with van der Waals surface area (Å²) in [6.07, 6.45) is 1.63. The van der Waals surface area contributed by atoms with Gasteiger partial charge in [0.1, 0.15) is 18.0 Å². The zero-order valence-corrected chi connectivity index (χ0v) is 12.5. The third kappa shape index (κ3) is 2.76. The molecule has 0 unspecified atom stereocenters. The molecule has 0 saturated heterocycles. The van der Waals surface area contributed by atoms with Crippen molar-refractivity contribution >= 4 is 5.82 Å². The molecule has 2 N–H and O–H groups in total. The minimum atomic E-state index is 0.419. The van der Waals surface area contributed by atoms with Crippen LogP contribution in [-0.4, -0.2) is 19.7 Å². The number of aryl methyl sites for hydroxylation is 2. The molecule has 2 aromatic heterocycles. The monoisotopic (exact) mass is 295 g/mol. The van der Waals surface area contributed by atoms with E-state index in [1.165, 1.54) is 0 Å². The molecule has 0 amide bonds. The number of nitrogens with zero attached hydrogens (tertiary/aromatic N) is 4. The van der Waals surface area contributed by atoms with E-state index in [4.69, 9.17) is 10.5 Å². The van der Waals surface area contributed by atoms with Crippen LogP contribution in [0.4, 0.5) is 5.82 Å². The number of anilines is 1. The van der Waals surface area contributed by atoms with Crippen molar-refractivity contribution in [3.8, 4) is 17.3 Å². The Morgan fingerprint density at radius 1 is 1.18 bits per heavy atom. The number of hydrogen-bond donors (Lipinski definition) is 1. The molecule has 0 atom stereocenters. The van der Waals surface area contributed by atoms with Crippen LogP contribution in [0.5, 0.6) is 5.88 Å². The molecule has 3 aromatic rings. The Morgan fingerprint density at radius 2 is 1.95 bits per heavy atom. The molecule has 6 heteroatoms. The summed E-state index contributed by atoms with van der Waals surface area (Å²) in [5, 5.41) is 4.40. The fraction of sp³-hybridized carbons (Fsp3) is 0.188. The van der Waals surface area contributed by atoms with Crippen LogP contribution in [0.2, 0.25) is 0 Å². The Balaban J connectivity index is 1.94. The fourth-order valence-corrected chi connectivity index (χ4v) is 2.28. The maximum Gasteiger partial charge on any atom is 0.223 e. The van der Waals surface area contributed by atoms with E-state index in [0.29, 0.717) is 24.1 Å². The van der Waals surface area contributed by atoms with E-state index < -0.39 is 0 Å². The van der Waals surface area contributed by atoms with Crippen LogP contribution in [0, 0.1) is 6.92 Å². The van der Waals surface area contributed by atoms with Gasteiger partial charge in [0.05, 0.1) is 5.69 Å². The van der Waals surface area contributed by atoms with Crippen LogP contribution < -0.4 is 10.5 Å². The topological polar surface area (TPSA) is 78.8 Å². The van der Waals surface area contributed by atoms with Crippen LogP contribution in [0.3, 0.4) is 0 Å². The fourth-order valence-electron chi connectivity index (χ4n) is 2.28. The van der Waals surface area contributed by atoms with E-state index in [1.54, 1.807) is 16.9 Å². The van der Waals surface area contributed by atoms with Gasteiger partial charge in [-0.3, -0.25) is 0 Å². The predicted octanol–water partition coefficient (Wildman–Crippen LogP) is 2.35. The van der Waals surface area contributed by atoms with Crippen LogP contribution in [-0.2, 0) is 13.7 Å². The van der Waals surface area contributed by atoms with Gasteiger partial charge in [0, 0.05) is 13.2 Å². The summed E-state index contributed by atoms with van der Waals surface area (Å²) in [7, 11) is 1.84. The first-order valence-corrected chi connectivity index (χ1v) is 6.94. The van der Waals surface area contributed by atoms with Gasteiger partial charge in [-0.25, -0.2) is 14.6 Å². The van der Waals surface area contributed by atoms with Gasteiger partial charge in [-0.15, -0.1) is 0 Å². The van der Waals surface area contributed by atoms with Gasteiger partial charge in [-0.2, -0.15) is 5.10 Å². The first-order valence-electron chi connectivity index (χ1n) is 6.94. The highest BCUT2D eigenvalue weighted by molar-refractivity contribution is 5.65. The minimum absolute atomic E-state index is 0.419. The first-order chi connectivity index (χ1) is 10.6. The van der Waals surface area contributed by atoms with Crippen LogP contribution in [0.25, 0.3) is 11.4 Å². The van der Waals surface area contributed by atoms with Crippen molar-refractivity contribution in [2.75, 3.05) is 5.73 Å². The summed E-state index contributed by atoms with van der Waals surface area (Å²) < 4.78 is 7.64. The van der Waals surface area contributed by atoms with Crippen molar-refractivity contribution in [3.63, 3.8) is 0 Å². The molecule has 0 fully saturated rings. The number of nitrogens with two attached hydrogens (primary N) is 1. The second kappa shape index (κ2) is 5.85. The van der Waals surface area contributed by atoms with Gasteiger partial charge >= 0.3 is 0 Å². The second-order valence-electron chi connectivity index (χ2n) is 4.97. The van der Waals surface area contributed by atoms with Gasteiger partial charge < -0.3 is 10.5 Å². The molecule has 112 valence electrons. The highest BCUT2D eigenvalue weighted by atomic mass is 16.5. The molecule has 0 aliphatic carbocycles. The first kappa shape index (κ1) is 14.1. The van der Waals surface area contributed by atoms with Crippen molar-refractivity contribution < 1.29 is 4.74 Å². The molecular weight excluding hydrogens is 278 g/mol. The average Bonchev–Trinajstić information content (AvgIpc) is 2.80. The molecule has 22 heavy (non-hydrogen) atoms. The van der Waals surface area contributed by atoms with Gasteiger partial charge in [-0.05, 0) is 18.6 Å². The molecule has 0 radical (unpaired) electrons. The third-order valence-electron chi connectivity index (χ3n) is 3.29. The SMILES string of the molecule is Cc1nn(C)c(OCc2ccccc2)c1-c1nccc(N)n1. The Labute approximate surface area is 128 Å². The molecule has 2 heterocycles. The summed E-state index contributed by atoms with van der Waals surface area (Å²) in [6.45, 7) is 2.35. The number of benzene rings is 1. The largest absolute Gasteiger partial charge is 0.472 e. The number of hydrogen-bond acceptors (Lipinski definition) is 5. The molecule has 6 nitrogen and oxygen atoms in total. The van der Waals surface area contributed by atoms with E-state index in [0.717, 1.165) is 16.8 Å². The molecule has 0 aliphatic rings. The number of ether oxygens (including phenoxy) is 1. The maximum atomic E-state index is 5.95.